The Morgan fingerprint density at radius 2 is 0.556 bits per heavy atom. The van der Waals surface area contributed by atoms with Crippen molar-refractivity contribution in [3.63, 3.8) is 0 Å². The van der Waals surface area contributed by atoms with Crippen LogP contribution < -0.4 is 0 Å². The van der Waals surface area contributed by atoms with E-state index in [1.807, 2.05) is 0 Å². The molecule has 0 unspecified atom stereocenters. The number of hydrogen-bond acceptors (Lipinski definition) is 1. The summed E-state index contributed by atoms with van der Waals surface area (Å²) in [7, 11) is 0. The van der Waals surface area contributed by atoms with Crippen molar-refractivity contribution in [3.8, 4) is 0 Å². The van der Waals surface area contributed by atoms with Gasteiger partial charge in [0.05, 0.1) is 11.9 Å². The van der Waals surface area contributed by atoms with Gasteiger partial charge >= 0.3 is 0 Å². The van der Waals surface area contributed by atoms with Crippen LogP contribution in [0.2, 0.25) is 0 Å². The first-order valence-electron chi connectivity index (χ1n) is 0.169. The van der Waals surface area contributed by atoms with Crippen molar-refractivity contribution in [2.45, 2.75) is 0 Å². The van der Waals surface area contributed by atoms with Crippen molar-refractivity contribution in [1.82, 2.24) is 0 Å². The Morgan fingerprint density at radius 3 is 0.556 bits per heavy atom. The summed E-state index contributed by atoms with van der Waals surface area (Å²) in [5.74, 6) is 0. The van der Waals surface area contributed by atoms with Gasteiger partial charge in [0.15, 0.2) is 0 Å². The van der Waals surface area contributed by atoms with Crippen LogP contribution in [-0.4, -0.2) is 37.5 Å². The van der Waals surface area contributed by atoms with E-state index in [9.17, 15) is 0 Å². The molecule has 0 saturated carbocycles. The van der Waals surface area contributed by atoms with Crippen molar-refractivity contribution < 1.29 is 77.9 Å². The fourth-order valence-electron chi connectivity index (χ4n) is 0. The molecular formula is H13ClO7Sm. The Morgan fingerprint density at radius 1 is 0.556 bits per heavy atom. The summed E-state index contributed by atoms with van der Waals surface area (Å²) in [4.78, 5) is 0. The first kappa shape index (κ1) is 164. The molecule has 9 heavy (non-hydrogen) atoms. The average Bonchev–Trinajstić information content (AvgIpc) is 1.00. The summed E-state index contributed by atoms with van der Waals surface area (Å²) in [6.07, 6.45) is 0. The van der Waals surface area contributed by atoms with Crippen molar-refractivity contribution in [1.29, 1.82) is 0 Å². The van der Waals surface area contributed by atoms with Gasteiger partial charge in [-0.3, -0.25) is 4.66 Å². The van der Waals surface area contributed by atoms with Gasteiger partial charge in [0, 0.05) is 40.4 Å². The molecule has 0 aliphatic carbocycles. The van der Waals surface area contributed by atoms with E-state index >= 15 is 0 Å². The van der Waals surface area contributed by atoms with Crippen molar-refractivity contribution in [2.75, 3.05) is 0 Å². The van der Waals surface area contributed by atoms with Gasteiger partial charge in [-0.05, 0) is 0 Å². The van der Waals surface area contributed by atoms with E-state index in [4.69, 9.17) is 4.66 Å². The molecule has 0 heterocycles. The molecule has 7 nitrogen and oxygen atoms in total. The zero-order valence-corrected chi connectivity index (χ0v) is 7.61. The summed E-state index contributed by atoms with van der Waals surface area (Å²) in [6, 6.07) is 0. The average molecular weight is 311 g/mol. The normalized spacial score (nSPS) is 0.667. The Hall–Kier alpha value is 1.35. The molecular weight excluding hydrogens is 298 g/mol. The maximum Gasteiger partial charge on any atom is 0.0579 e. The number of rotatable bonds is 0. The first-order chi connectivity index (χ1) is 1.00. The standard InChI is InChI=1S/ClHO.6H2O.Sm/c1-2;;;;;;;/h2H;6*1H2;. The Kier molecular flexibility index (Phi) is 6540. The maximum absolute atomic E-state index is 6.47. The van der Waals surface area contributed by atoms with Crippen molar-refractivity contribution in [3.05, 3.63) is 0 Å². The second-order valence-electron chi connectivity index (χ2n) is 0. The minimum absolute atomic E-state index is 0. The molecule has 0 saturated heterocycles. The van der Waals surface area contributed by atoms with Crippen LogP contribution >= 0.6 is 11.9 Å². The molecule has 0 bridgehead atoms. The Balaban J connectivity index is -0.000000000238. The van der Waals surface area contributed by atoms with E-state index in [0.29, 0.717) is 0 Å². The fraction of sp³-hybridized carbons (Fsp3) is 0. The van der Waals surface area contributed by atoms with Crippen LogP contribution in [0.1, 0.15) is 0 Å². The third-order valence-corrected chi connectivity index (χ3v) is 0. The van der Waals surface area contributed by atoms with Crippen molar-refractivity contribution in [2.24, 2.45) is 0 Å². The van der Waals surface area contributed by atoms with E-state index in [2.05, 4.69) is 11.9 Å². The first-order valence-corrected chi connectivity index (χ1v) is 0.507. The van der Waals surface area contributed by atoms with Crippen LogP contribution in [-0.2, 0) is 0 Å². The van der Waals surface area contributed by atoms with E-state index in [-0.39, 0.29) is 73.2 Å². The minimum atomic E-state index is 0. The summed E-state index contributed by atoms with van der Waals surface area (Å²) in [5.41, 5.74) is 0. The number of halogens is 1. The van der Waals surface area contributed by atoms with E-state index in [0.717, 1.165) is 0 Å². The van der Waals surface area contributed by atoms with Gasteiger partial charge in [0.1, 0.15) is 0 Å². The molecule has 0 amide bonds. The van der Waals surface area contributed by atoms with Gasteiger partial charge in [-0.1, -0.05) is 0 Å². The molecule has 0 fully saturated rings. The summed E-state index contributed by atoms with van der Waals surface area (Å²) < 4.78 is 6.47. The van der Waals surface area contributed by atoms with Crippen LogP contribution in [0.25, 0.3) is 0 Å². The van der Waals surface area contributed by atoms with Crippen LogP contribution in [0, 0.1) is 40.4 Å². The summed E-state index contributed by atoms with van der Waals surface area (Å²) in [6.45, 7) is 0. The predicted octanol–water partition coefficient (Wildman–Crippen LogP) is -4.82. The Bertz CT molecular complexity index is 8.88. The zero-order chi connectivity index (χ0) is 2.00. The molecule has 0 aromatic rings. The van der Waals surface area contributed by atoms with E-state index in [1.165, 1.54) is 0 Å². The van der Waals surface area contributed by atoms with Crippen LogP contribution in [0.5, 0.6) is 0 Å². The predicted molar refractivity (Wildman–Crippen MR) is 29.8 cm³/mol. The van der Waals surface area contributed by atoms with Gasteiger partial charge in [-0.25, -0.2) is 0 Å². The minimum Gasteiger partial charge on any atom is -0.412 e. The summed E-state index contributed by atoms with van der Waals surface area (Å²) >= 11 is 3.64. The number of hydrogen-bond donors (Lipinski definition) is 1. The Labute approximate surface area is 89.1 Å². The third-order valence-electron chi connectivity index (χ3n) is 0. The molecule has 0 radical (unpaired) electrons. The second-order valence-corrected chi connectivity index (χ2v) is 0. The molecule has 68 valence electrons. The van der Waals surface area contributed by atoms with E-state index < -0.39 is 0 Å². The third kappa shape index (κ3) is 278. The van der Waals surface area contributed by atoms with Gasteiger partial charge in [-0.2, -0.15) is 0 Å². The topological polar surface area (TPSA) is 209 Å². The molecule has 0 rings (SSSR count). The van der Waals surface area contributed by atoms with Gasteiger partial charge in [-0.15, -0.1) is 0 Å². The molecule has 0 atom stereocenters. The van der Waals surface area contributed by atoms with Gasteiger partial charge in [0.2, 0.25) is 0 Å². The smallest absolute Gasteiger partial charge is 0.0579 e. The second kappa shape index (κ2) is 359. The molecule has 0 aromatic carbocycles. The van der Waals surface area contributed by atoms with Crippen molar-refractivity contribution >= 4 is 11.9 Å². The fourth-order valence-corrected chi connectivity index (χ4v) is 0. The molecule has 0 aliphatic heterocycles. The largest absolute Gasteiger partial charge is 0.412 e. The zero-order valence-electron chi connectivity index (χ0n) is 4.23. The molecule has 13 N–H and O–H groups in total. The van der Waals surface area contributed by atoms with Crippen LogP contribution in [0.15, 0.2) is 0 Å². The van der Waals surface area contributed by atoms with Crippen LogP contribution in [0.3, 0.4) is 0 Å². The van der Waals surface area contributed by atoms with Gasteiger partial charge < -0.3 is 32.9 Å². The summed E-state index contributed by atoms with van der Waals surface area (Å²) in [5, 5.41) is 0. The molecule has 9 heteroatoms. The van der Waals surface area contributed by atoms with Crippen LogP contribution in [0.4, 0.5) is 0 Å². The SMILES string of the molecule is O.O.O.O.O.O.OCl.[Sm]. The monoisotopic (exact) mass is 312 g/mol. The van der Waals surface area contributed by atoms with E-state index in [1.54, 1.807) is 0 Å². The van der Waals surface area contributed by atoms with Gasteiger partial charge in [0.25, 0.3) is 0 Å². The molecule has 0 spiro atoms. The molecule has 0 aliphatic rings. The molecule has 0 aromatic heterocycles. The quantitative estimate of drug-likeness (QED) is 0.458. The maximum atomic E-state index is 6.47.